The van der Waals surface area contributed by atoms with Crippen molar-refractivity contribution in [1.29, 1.82) is 0 Å². The molecule has 2 unspecified atom stereocenters. The van der Waals surface area contributed by atoms with Gasteiger partial charge in [-0.15, -0.1) is 11.3 Å². The average Bonchev–Trinajstić information content (AvgIpc) is 2.87. The van der Waals surface area contributed by atoms with Gasteiger partial charge in [0.15, 0.2) is 0 Å². The summed E-state index contributed by atoms with van der Waals surface area (Å²) in [6.07, 6.45) is 4.95. The highest BCUT2D eigenvalue weighted by atomic mass is 32.1. The summed E-state index contributed by atoms with van der Waals surface area (Å²) in [4.78, 5) is 20.0. The Labute approximate surface area is 112 Å². The van der Waals surface area contributed by atoms with Crippen molar-refractivity contribution in [3.05, 3.63) is 16.1 Å². The Balaban J connectivity index is 2.12. The molecule has 1 fully saturated rings. The number of nitrogens with one attached hydrogen (secondary N) is 1. The molecule has 0 aromatic carbocycles. The molecule has 1 aromatic heterocycles. The van der Waals surface area contributed by atoms with Gasteiger partial charge < -0.3 is 10.2 Å². The summed E-state index contributed by atoms with van der Waals surface area (Å²) in [6, 6.07) is 0.0748. The Morgan fingerprint density at radius 1 is 1.67 bits per heavy atom. The molecule has 1 amide bonds. The molecule has 0 aliphatic carbocycles. The van der Waals surface area contributed by atoms with E-state index in [-0.39, 0.29) is 18.0 Å². The molecule has 1 aliphatic rings. The molecule has 18 heavy (non-hydrogen) atoms. The number of hydrogen-bond acceptors (Lipinski definition) is 4. The smallest absolute Gasteiger partial charge is 0.240 e. The molecule has 0 saturated carbocycles. The topological polar surface area (TPSA) is 45.2 Å². The normalized spacial score (nSPS) is 22.3. The first kappa shape index (κ1) is 13.5. The summed E-state index contributed by atoms with van der Waals surface area (Å²) in [5, 5.41) is 4.15. The van der Waals surface area contributed by atoms with Crippen LogP contribution in [-0.4, -0.2) is 35.4 Å². The van der Waals surface area contributed by atoms with Gasteiger partial charge in [0.1, 0.15) is 5.01 Å². The van der Waals surface area contributed by atoms with Crippen LogP contribution in [0, 0.1) is 0 Å². The quantitative estimate of drug-likeness (QED) is 0.907. The van der Waals surface area contributed by atoms with Gasteiger partial charge >= 0.3 is 0 Å². The summed E-state index contributed by atoms with van der Waals surface area (Å²) in [7, 11) is 1.86. The van der Waals surface area contributed by atoms with Gasteiger partial charge in [0.2, 0.25) is 5.91 Å². The number of carbonyl (C=O) groups excluding carboxylic acids is 1. The van der Waals surface area contributed by atoms with E-state index in [9.17, 15) is 4.79 Å². The maximum atomic E-state index is 12.3. The molecule has 0 spiro atoms. The van der Waals surface area contributed by atoms with Gasteiger partial charge in [0.05, 0.1) is 12.1 Å². The fraction of sp³-hybridized carbons (Fsp3) is 0.692. The molecule has 1 aromatic rings. The SMILES string of the molecule is CCc1cnc(C(C)N2CCCC(NC)C2=O)s1. The Morgan fingerprint density at radius 3 is 3.06 bits per heavy atom. The molecular formula is C13H21N3OS. The van der Waals surface area contributed by atoms with E-state index in [4.69, 9.17) is 0 Å². The zero-order valence-electron chi connectivity index (χ0n) is 11.3. The molecule has 1 N–H and O–H groups in total. The molecular weight excluding hydrogens is 246 g/mol. The number of likely N-dealkylation sites (N-methyl/N-ethyl adjacent to an activating group) is 1. The molecule has 2 atom stereocenters. The number of hydrogen-bond donors (Lipinski definition) is 1. The second kappa shape index (κ2) is 5.80. The van der Waals surface area contributed by atoms with Crippen LogP contribution in [0.25, 0.3) is 0 Å². The maximum absolute atomic E-state index is 12.3. The van der Waals surface area contributed by atoms with Gasteiger partial charge in [-0.25, -0.2) is 4.98 Å². The largest absolute Gasteiger partial charge is 0.332 e. The van der Waals surface area contributed by atoms with Crippen molar-refractivity contribution < 1.29 is 4.79 Å². The first-order chi connectivity index (χ1) is 8.67. The molecule has 5 heteroatoms. The highest BCUT2D eigenvalue weighted by molar-refractivity contribution is 7.11. The van der Waals surface area contributed by atoms with Crippen LogP contribution in [0.2, 0.25) is 0 Å². The lowest BCUT2D eigenvalue weighted by Crippen LogP contribution is -2.50. The Hall–Kier alpha value is -0.940. The zero-order chi connectivity index (χ0) is 13.1. The Bertz CT molecular complexity index is 418. The minimum Gasteiger partial charge on any atom is -0.332 e. The molecule has 2 heterocycles. The summed E-state index contributed by atoms with van der Waals surface area (Å²) in [6.45, 7) is 5.05. The van der Waals surface area contributed by atoms with Crippen molar-refractivity contribution >= 4 is 17.2 Å². The fourth-order valence-electron chi connectivity index (χ4n) is 2.36. The van der Waals surface area contributed by atoms with Crippen LogP contribution < -0.4 is 5.32 Å². The van der Waals surface area contributed by atoms with Gasteiger partial charge in [-0.1, -0.05) is 6.92 Å². The van der Waals surface area contributed by atoms with E-state index >= 15 is 0 Å². The third-order valence-electron chi connectivity index (χ3n) is 3.57. The van der Waals surface area contributed by atoms with E-state index in [0.29, 0.717) is 0 Å². The minimum atomic E-state index is -0.0215. The highest BCUT2D eigenvalue weighted by Gasteiger charge is 2.31. The van der Waals surface area contributed by atoms with E-state index in [1.54, 1.807) is 11.3 Å². The predicted molar refractivity (Wildman–Crippen MR) is 73.7 cm³/mol. The van der Waals surface area contributed by atoms with Gasteiger partial charge in [0.25, 0.3) is 0 Å². The number of aromatic nitrogens is 1. The van der Waals surface area contributed by atoms with Gasteiger partial charge in [0, 0.05) is 17.6 Å². The van der Waals surface area contributed by atoms with E-state index in [0.717, 1.165) is 30.8 Å². The molecule has 0 radical (unpaired) electrons. The molecule has 0 bridgehead atoms. The summed E-state index contributed by atoms with van der Waals surface area (Å²) in [5.74, 6) is 0.212. The highest BCUT2D eigenvalue weighted by Crippen LogP contribution is 2.28. The van der Waals surface area contributed by atoms with Crippen LogP contribution >= 0.6 is 11.3 Å². The summed E-state index contributed by atoms with van der Waals surface area (Å²) in [5.41, 5.74) is 0. The van der Waals surface area contributed by atoms with Gasteiger partial charge in [-0.2, -0.15) is 0 Å². The van der Waals surface area contributed by atoms with Crippen molar-refractivity contribution in [3.8, 4) is 0 Å². The number of thiazole rings is 1. The second-order valence-electron chi connectivity index (χ2n) is 4.71. The minimum absolute atomic E-state index is 0.0215. The van der Waals surface area contributed by atoms with Gasteiger partial charge in [-0.05, 0) is 33.2 Å². The van der Waals surface area contributed by atoms with Gasteiger partial charge in [-0.3, -0.25) is 4.79 Å². The number of piperidine rings is 1. The molecule has 2 rings (SSSR count). The van der Waals surface area contributed by atoms with Crippen LogP contribution in [0.5, 0.6) is 0 Å². The van der Waals surface area contributed by atoms with Crippen LogP contribution in [-0.2, 0) is 11.2 Å². The third kappa shape index (κ3) is 2.57. The molecule has 4 nitrogen and oxygen atoms in total. The lowest BCUT2D eigenvalue weighted by Gasteiger charge is -2.35. The Morgan fingerprint density at radius 2 is 2.44 bits per heavy atom. The third-order valence-corrected chi connectivity index (χ3v) is 4.88. The van der Waals surface area contributed by atoms with Crippen molar-refractivity contribution in [2.24, 2.45) is 0 Å². The molecule has 1 saturated heterocycles. The first-order valence-corrected chi connectivity index (χ1v) is 7.41. The summed E-state index contributed by atoms with van der Waals surface area (Å²) >= 11 is 1.72. The van der Waals surface area contributed by atoms with E-state index in [1.807, 2.05) is 18.1 Å². The molecule has 100 valence electrons. The number of nitrogens with zero attached hydrogens (tertiary/aromatic N) is 2. The predicted octanol–water partition coefficient (Wildman–Crippen LogP) is 1.98. The van der Waals surface area contributed by atoms with E-state index < -0.39 is 0 Å². The van der Waals surface area contributed by atoms with E-state index in [1.165, 1.54) is 4.88 Å². The number of likely N-dealkylation sites (tertiary alicyclic amines) is 1. The Kier molecular flexibility index (Phi) is 4.35. The first-order valence-electron chi connectivity index (χ1n) is 6.59. The lowest BCUT2D eigenvalue weighted by molar-refractivity contribution is -0.138. The van der Waals surface area contributed by atoms with Crippen molar-refractivity contribution in [1.82, 2.24) is 15.2 Å². The van der Waals surface area contributed by atoms with Crippen LogP contribution in [0.4, 0.5) is 0 Å². The lowest BCUT2D eigenvalue weighted by atomic mass is 10.0. The fourth-order valence-corrected chi connectivity index (χ4v) is 3.29. The molecule has 1 aliphatic heterocycles. The monoisotopic (exact) mass is 267 g/mol. The van der Waals surface area contributed by atoms with Crippen LogP contribution in [0.3, 0.4) is 0 Å². The van der Waals surface area contributed by atoms with E-state index in [2.05, 4.69) is 24.1 Å². The second-order valence-corrected chi connectivity index (χ2v) is 5.86. The average molecular weight is 267 g/mol. The standard InChI is InChI=1S/C13H21N3OS/c1-4-10-8-15-12(18-10)9(2)16-7-5-6-11(14-3)13(16)17/h8-9,11,14H,4-7H2,1-3H3. The number of amides is 1. The number of rotatable bonds is 4. The van der Waals surface area contributed by atoms with Crippen molar-refractivity contribution in [3.63, 3.8) is 0 Å². The van der Waals surface area contributed by atoms with Crippen LogP contribution in [0.1, 0.15) is 42.6 Å². The number of aryl methyl sites for hydroxylation is 1. The van der Waals surface area contributed by atoms with Crippen LogP contribution in [0.15, 0.2) is 6.20 Å². The summed E-state index contributed by atoms with van der Waals surface area (Å²) < 4.78 is 0. The zero-order valence-corrected chi connectivity index (χ0v) is 12.1. The number of carbonyl (C=O) groups is 1. The maximum Gasteiger partial charge on any atom is 0.240 e. The van der Waals surface area contributed by atoms with Crippen molar-refractivity contribution in [2.75, 3.05) is 13.6 Å². The van der Waals surface area contributed by atoms with Crippen molar-refractivity contribution in [2.45, 2.75) is 45.2 Å².